The van der Waals surface area contributed by atoms with E-state index in [1.165, 1.54) is 11.1 Å². The lowest BCUT2D eigenvalue weighted by molar-refractivity contribution is 0.368. The summed E-state index contributed by atoms with van der Waals surface area (Å²) in [5.74, 6) is 2.51. The van der Waals surface area contributed by atoms with Crippen molar-refractivity contribution in [1.29, 1.82) is 0 Å². The minimum atomic E-state index is -6.00. The Morgan fingerprint density at radius 1 is 0.625 bits per heavy atom. The SMILES string of the molecule is COc1ccc(-c2cc(-c3ccc(C)cc3)cc(-c3ccccc3)[o+]2)cc1.F[B-](F)(F)F. The summed E-state index contributed by atoms with van der Waals surface area (Å²) in [5.41, 5.74) is 5.62. The Morgan fingerprint density at radius 2 is 1.09 bits per heavy atom. The molecular weight excluding hydrogens is 419 g/mol. The van der Waals surface area contributed by atoms with Crippen LogP contribution < -0.4 is 4.74 Å². The Labute approximate surface area is 184 Å². The van der Waals surface area contributed by atoms with Gasteiger partial charge in [0.25, 0.3) is 0 Å². The Hall–Kier alpha value is -3.61. The molecule has 0 fully saturated rings. The van der Waals surface area contributed by atoms with Crippen molar-refractivity contribution in [3.63, 3.8) is 0 Å². The summed E-state index contributed by atoms with van der Waals surface area (Å²) in [4.78, 5) is 0. The molecule has 4 rings (SSSR count). The maximum Gasteiger partial charge on any atom is 0.673 e. The van der Waals surface area contributed by atoms with E-state index in [-0.39, 0.29) is 0 Å². The number of benzene rings is 3. The lowest BCUT2D eigenvalue weighted by atomic mass is 10.0. The summed E-state index contributed by atoms with van der Waals surface area (Å²) >= 11 is 0. The van der Waals surface area contributed by atoms with E-state index in [4.69, 9.17) is 9.15 Å². The second kappa shape index (κ2) is 10.1. The van der Waals surface area contributed by atoms with Crippen LogP contribution >= 0.6 is 0 Å². The number of halogens is 4. The van der Waals surface area contributed by atoms with Crippen LogP contribution in [0.25, 0.3) is 33.8 Å². The molecule has 2 nitrogen and oxygen atoms in total. The highest BCUT2D eigenvalue weighted by Crippen LogP contribution is 2.33. The smallest absolute Gasteiger partial charge is 0.497 e. The highest BCUT2D eigenvalue weighted by molar-refractivity contribution is 6.50. The van der Waals surface area contributed by atoms with Gasteiger partial charge in [0, 0.05) is 5.56 Å². The lowest BCUT2D eigenvalue weighted by Crippen LogP contribution is -2.02. The molecule has 0 atom stereocenters. The summed E-state index contributed by atoms with van der Waals surface area (Å²) in [7, 11) is -4.33. The van der Waals surface area contributed by atoms with Crippen molar-refractivity contribution >= 4 is 7.25 Å². The molecule has 0 radical (unpaired) electrons. The predicted octanol–water partition coefficient (Wildman–Crippen LogP) is 8.18. The van der Waals surface area contributed by atoms with E-state index in [1.54, 1.807) is 7.11 Å². The number of hydrogen-bond donors (Lipinski definition) is 0. The lowest BCUT2D eigenvalue weighted by Gasteiger charge is -2.03. The highest BCUT2D eigenvalue weighted by Gasteiger charge is 2.21. The Morgan fingerprint density at radius 3 is 1.59 bits per heavy atom. The molecule has 32 heavy (non-hydrogen) atoms. The zero-order valence-electron chi connectivity index (χ0n) is 17.6. The highest BCUT2D eigenvalue weighted by atomic mass is 19.5. The maximum atomic E-state index is 9.75. The first kappa shape index (κ1) is 23.1. The molecule has 0 aliphatic carbocycles. The zero-order chi connectivity index (χ0) is 23.1. The van der Waals surface area contributed by atoms with Gasteiger partial charge >= 0.3 is 18.8 Å². The largest absolute Gasteiger partial charge is 0.673 e. The van der Waals surface area contributed by atoms with Crippen LogP contribution in [-0.2, 0) is 0 Å². The molecule has 0 saturated heterocycles. The van der Waals surface area contributed by atoms with Crippen LogP contribution in [0.2, 0.25) is 0 Å². The van der Waals surface area contributed by atoms with Gasteiger partial charge in [-0.25, -0.2) is 4.42 Å². The van der Waals surface area contributed by atoms with Crippen LogP contribution in [0, 0.1) is 6.92 Å². The van der Waals surface area contributed by atoms with Crippen LogP contribution in [0.4, 0.5) is 17.3 Å². The van der Waals surface area contributed by atoms with Gasteiger partial charge in [0.05, 0.1) is 30.4 Å². The van der Waals surface area contributed by atoms with Crippen LogP contribution in [-0.4, -0.2) is 14.4 Å². The summed E-state index contributed by atoms with van der Waals surface area (Å²) in [6.45, 7) is 2.10. The number of methoxy groups -OCH3 is 1. The third kappa shape index (κ3) is 6.70. The molecule has 7 heteroatoms. The number of aryl methyl sites for hydroxylation is 1. The molecule has 3 aromatic carbocycles. The van der Waals surface area contributed by atoms with Gasteiger partial charge in [0.15, 0.2) is 0 Å². The molecule has 0 N–H and O–H groups in total. The van der Waals surface area contributed by atoms with Gasteiger partial charge in [-0.15, -0.1) is 0 Å². The molecule has 0 aliphatic rings. The van der Waals surface area contributed by atoms with Crippen molar-refractivity contribution in [1.82, 2.24) is 0 Å². The van der Waals surface area contributed by atoms with Crippen LogP contribution in [0.1, 0.15) is 5.56 Å². The minimum Gasteiger partial charge on any atom is -0.497 e. The number of rotatable bonds is 4. The Bertz CT molecular complexity index is 1140. The maximum absolute atomic E-state index is 9.75. The predicted molar refractivity (Wildman–Crippen MR) is 121 cm³/mol. The van der Waals surface area contributed by atoms with E-state index in [9.17, 15) is 17.3 Å². The summed E-state index contributed by atoms with van der Waals surface area (Å²) in [5, 5.41) is 0. The van der Waals surface area contributed by atoms with Gasteiger partial charge in [0.2, 0.25) is 0 Å². The van der Waals surface area contributed by atoms with Crippen molar-refractivity contribution in [3.05, 3.63) is 96.6 Å². The average Bonchev–Trinajstić information content (AvgIpc) is 2.79. The fourth-order valence-electron chi connectivity index (χ4n) is 3.06. The summed E-state index contributed by atoms with van der Waals surface area (Å²) < 4.78 is 50.5. The molecule has 0 spiro atoms. The van der Waals surface area contributed by atoms with Crippen molar-refractivity contribution in [2.75, 3.05) is 7.11 Å². The van der Waals surface area contributed by atoms with E-state index in [0.29, 0.717) is 0 Å². The van der Waals surface area contributed by atoms with Gasteiger partial charge in [0.1, 0.15) is 5.75 Å². The second-order valence-corrected chi connectivity index (χ2v) is 7.03. The third-order valence-electron chi connectivity index (χ3n) is 4.61. The van der Waals surface area contributed by atoms with E-state index < -0.39 is 7.25 Å². The summed E-state index contributed by atoms with van der Waals surface area (Å²) in [6, 6.07) is 30.9. The van der Waals surface area contributed by atoms with Gasteiger partial charge in [-0.2, -0.15) is 0 Å². The molecule has 0 amide bonds. The fraction of sp³-hybridized carbons (Fsp3) is 0.0800. The zero-order valence-corrected chi connectivity index (χ0v) is 17.6. The van der Waals surface area contributed by atoms with Crippen molar-refractivity contribution in [2.24, 2.45) is 0 Å². The topological polar surface area (TPSA) is 20.5 Å². The molecule has 0 unspecified atom stereocenters. The van der Waals surface area contributed by atoms with Crippen molar-refractivity contribution in [2.45, 2.75) is 6.92 Å². The molecule has 0 aliphatic heterocycles. The molecular formula is C25H21BF4O2. The third-order valence-corrected chi connectivity index (χ3v) is 4.61. The minimum absolute atomic E-state index is 0.828. The van der Waals surface area contributed by atoms with E-state index in [0.717, 1.165) is 34.0 Å². The first-order valence-electron chi connectivity index (χ1n) is 9.85. The van der Waals surface area contributed by atoms with Crippen molar-refractivity contribution < 1.29 is 26.4 Å². The molecule has 0 saturated carbocycles. The first-order chi connectivity index (χ1) is 15.2. The van der Waals surface area contributed by atoms with Crippen LogP contribution in [0.5, 0.6) is 5.75 Å². The van der Waals surface area contributed by atoms with Gasteiger partial charge in [-0.1, -0.05) is 48.0 Å². The molecule has 1 aromatic heterocycles. The molecule has 164 valence electrons. The van der Waals surface area contributed by atoms with Gasteiger partial charge in [-0.3, -0.25) is 0 Å². The second-order valence-electron chi connectivity index (χ2n) is 7.03. The Balaban J connectivity index is 0.000000523. The summed E-state index contributed by atoms with van der Waals surface area (Å²) in [6.07, 6.45) is 0. The molecule has 1 heterocycles. The van der Waals surface area contributed by atoms with Crippen molar-refractivity contribution in [3.8, 4) is 39.5 Å². The first-order valence-corrected chi connectivity index (χ1v) is 9.85. The normalized spacial score (nSPS) is 10.8. The average molecular weight is 440 g/mol. The fourth-order valence-corrected chi connectivity index (χ4v) is 3.06. The van der Waals surface area contributed by atoms with Gasteiger partial charge < -0.3 is 22.0 Å². The molecule has 4 aromatic rings. The van der Waals surface area contributed by atoms with Crippen LogP contribution in [0.15, 0.2) is 95.4 Å². The standard InChI is InChI=1S/C25H21O2.BF4/c1-18-8-10-19(11-9-18)22-16-24(20-6-4-3-5-7-20)27-25(17-22)21-12-14-23(26-2)15-13-21;2-1(3,4)5/h3-17H,1-2H3;/q+1;-1. The monoisotopic (exact) mass is 440 g/mol. The Kier molecular flexibility index (Phi) is 7.31. The number of ether oxygens (including phenoxy) is 1. The van der Waals surface area contributed by atoms with E-state index in [2.05, 4.69) is 55.5 Å². The van der Waals surface area contributed by atoms with Gasteiger partial charge in [-0.05, 0) is 48.9 Å². The molecule has 0 bridgehead atoms. The number of hydrogen-bond acceptors (Lipinski definition) is 1. The van der Waals surface area contributed by atoms with E-state index >= 15 is 0 Å². The quantitative estimate of drug-likeness (QED) is 0.181. The van der Waals surface area contributed by atoms with Crippen LogP contribution in [0.3, 0.4) is 0 Å². The van der Waals surface area contributed by atoms with E-state index in [1.807, 2.05) is 42.5 Å².